The van der Waals surface area contributed by atoms with Crippen LogP contribution >= 0.6 is 23.1 Å². The van der Waals surface area contributed by atoms with Crippen LogP contribution in [0.3, 0.4) is 0 Å². The van der Waals surface area contributed by atoms with E-state index in [-0.39, 0.29) is 11.8 Å². The summed E-state index contributed by atoms with van der Waals surface area (Å²) in [5.74, 6) is 0.264. The third-order valence-corrected chi connectivity index (χ3v) is 8.12. The average Bonchev–Trinajstić information content (AvgIpc) is 3.57. The highest BCUT2D eigenvalue weighted by atomic mass is 32.2. The number of thioether (sulfide) groups is 1. The standard InChI is InChI=1S/C27H22N4O2S2/c28-16-18-7-1-2-8-19(18)17-34-27-30-23-12-11-20(15-24(23)35-27)29-25(32)21-9-3-4-10-22(21)26(33)31-13-5-6-14-31/h1-4,7-12,15H,5-6,13-14,17H2,(H,29,32). The summed E-state index contributed by atoms with van der Waals surface area (Å²) in [6.45, 7) is 1.47. The largest absolute Gasteiger partial charge is 0.339 e. The summed E-state index contributed by atoms with van der Waals surface area (Å²) in [5, 5.41) is 12.2. The number of nitrogens with zero attached hydrogens (tertiary/aromatic N) is 3. The first-order chi connectivity index (χ1) is 17.1. The van der Waals surface area contributed by atoms with Gasteiger partial charge in [0.1, 0.15) is 0 Å². The van der Waals surface area contributed by atoms with E-state index in [0.717, 1.165) is 46.1 Å². The molecule has 6 nitrogen and oxygen atoms in total. The number of nitrogens with one attached hydrogen (secondary N) is 1. The molecule has 1 N–H and O–H groups in total. The Labute approximate surface area is 211 Å². The van der Waals surface area contributed by atoms with Gasteiger partial charge in [-0.05, 0) is 54.8 Å². The molecule has 1 fully saturated rings. The van der Waals surface area contributed by atoms with Gasteiger partial charge < -0.3 is 10.2 Å². The maximum Gasteiger partial charge on any atom is 0.256 e. The van der Waals surface area contributed by atoms with Crippen molar-refractivity contribution in [2.45, 2.75) is 22.9 Å². The zero-order valence-corrected chi connectivity index (χ0v) is 20.5. The monoisotopic (exact) mass is 498 g/mol. The van der Waals surface area contributed by atoms with E-state index in [9.17, 15) is 14.9 Å². The predicted molar refractivity (Wildman–Crippen MR) is 140 cm³/mol. The lowest BCUT2D eigenvalue weighted by atomic mass is 10.1. The lowest BCUT2D eigenvalue weighted by Gasteiger charge is -2.17. The molecule has 0 saturated carbocycles. The summed E-state index contributed by atoms with van der Waals surface area (Å²) >= 11 is 3.14. The normalized spacial score (nSPS) is 13.1. The lowest BCUT2D eigenvalue weighted by Crippen LogP contribution is -2.29. The number of rotatable bonds is 6. The molecule has 0 radical (unpaired) electrons. The van der Waals surface area contributed by atoms with Crippen molar-refractivity contribution >= 4 is 50.8 Å². The number of hydrogen-bond acceptors (Lipinski definition) is 6. The van der Waals surface area contributed by atoms with Crippen LogP contribution in [0, 0.1) is 11.3 Å². The minimum atomic E-state index is -0.306. The van der Waals surface area contributed by atoms with Crippen molar-refractivity contribution < 1.29 is 9.59 Å². The van der Waals surface area contributed by atoms with E-state index < -0.39 is 0 Å². The van der Waals surface area contributed by atoms with Crippen LogP contribution in [0.5, 0.6) is 0 Å². The van der Waals surface area contributed by atoms with E-state index in [0.29, 0.717) is 28.1 Å². The molecule has 0 atom stereocenters. The van der Waals surface area contributed by atoms with E-state index in [2.05, 4.69) is 16.4 Å². The molecule has 4 aromatic rings. The molecule has 8 heteroatoms. The van der Waals surface area contributed by atoms with Crippen LogP contribution in [0.4, 0.5) is 5.69 Å². The van der Waals surface area contributed by atoms with Crippen molar-refractivity contribution in [3.8, 4) is 6.07 Å². The Hall–Kier alpha value is -3.67. The smallest absolute Gasteiger partial charge is 0.256 e. The van der Waals surface area contributed by atoms with E-state index in [1.807, 2.05) is 47.4 Å². The first kappa shape index (κ1) is 23.1. The number of thiazole rings is 1. The molecule has 1 aromatic heterocycles. The highest BCUT2D eigenvalue weighted by Gasteiger charge is 2.24. The van der Waals surface area contributed by atoms with Crippen molar-refractivity contribution in [2.24, 2.45) is 0 Å². The molecular weight excluding hydrogens is 476 g/mol. The van der Waals surface area contributed by atoms with Gasteiger partial charge in [0.05, 0.1) is 33.0 Å². The van der Waals surface area contributed by atoms with Crippen LogP contribution in [0.2, 0.25) is 0 Å². The van der Waals surface area contributed by atoms with Gasteiger partial charge in [0.2, 0.25) is 0 Å². The molecule has 174 valence electrons. The summed E-state index contributed by atoms with van der Waals surface area (Å²) in [5.41, 5.74) is 3.97. The fraction of sp³-hybridized carbons (Fsp3) is 0.185. The lowest BCUT2D eigenvalue weighted by molar-refractivity contribution is 0.0787. The number of carbonyl (C=O) groups is 2. The molecule has 1 saturated heterocycles. The SMILES string of the molecule is N#Cc1ccccc1CSc1nc2ccc(NC(=O)c3ccccc3C(=O)N3CCCC3)cc2s1. The number of anilines is 1. The second kappa shape index (κ2) is 10.3. The van der Waals surface area contributed by atoms with E-state index in [4.69, 9.17) is 0 Å². The Morgan fingerprint density at radius 3 is 2.57 bits per heavy atom. The van der Waals surface area contributed by atoms with Crippen molar-refractivity contribution in [2.75, 3.05) is 18.4 Å². The summed E-state index contributed by atoms with van der Waals surface area (Å²) in [7, 11) is 0. The Morgan fingerprint density at radius 1 is 1.03 bits per heavy atom. The van der Waals surface area contributed by atoms with Crippen LogP contribution in [0.25, 0.3) is 10.2 Å². The van der Waals surface area contributed by atoms with Gasteiger partial charge in [-0.3, -0.25) is 9.59 Å². The molecule has 0 aliphatic carbocycles. The highest BCUT2D eigenvalue weighted by molar-refractivity contribution is 8.00. The minimum Gasteiger partial charge on any atom is -0.339 e. The van der Waals surface area contributed by atoms with Gasteiger partial charge in [0.25, 0.3) is 11.8 Å². The maximum absolute atomic E-state index is 13.1. The van der Waals surface area contributed by atoms with E-state index in [1.54, 1.807) is 47.4 Å². The minimum absolute atomic E-state index is 0.0919. The van der Waals surface area contributed by atoms with Crippen LogP contribution in [-0.4, -0.2) is 34.8 Å². The second-order valence-electron chi connectivity index (χ2n) is 8.22. The Morgan fingerprint density at radius 2 is 1.77 bits per heavy atom. The summed E-state index contributed by atoms with van der Waals surface area (Å²) in [6.07, 6.45) is 2.00. The number of fused-ring (bicyclic) bond motifs is 1. The Balaban J connectivity index is 1.31. The number of hydrogen-bond donors (Lipinski definition) is 1. The van der Waals surface area contributed by atoms with Gasteiger partial charge in [0.15, 0.2) is 4.34 Å². The van der Waals surface area contributed by atoms with Gasteiger partial charge in [-0.1, -0.05) is 42.1 Å². The van der Waals surface area contributed by atoms with Gasteiger partial charge in [-0.25, -0.2) is 4.98 Å². The molecule has 35 heavy (non-hydrogen) atoms. The van der Waals surface area contributed by atoms with Gasteiger partial charge in [-0.15, -0.1) is 11.3 Å². The fourth-order valence-electron chi connectivity index (χ4n) is 4.09. The quantitative estimate of drug-likeness (QED) is 0.332. The molecule has 1 aliphatic rings. The topological polar surface area (TPSA) is 86.1 Å². The van der Waals surface area contributed by atoms with Crippen LogP contribution in [0.1, 0.15) is 44.7 Å². The predicted octanol–water partition coefficient (Wildman–Crippen LogP) is 5.95. The fourth-order valence-corrected chi connectivity index (χ4v) is 6.21. The molecule has 5 rings (SSSR count). The van der Waals surface area contributed by atoms with Gasteiger partial charge in [0, 0.05) is 24.5 Å². The molecular formula is C27H22N4O2S2. The number of aromatic nitrogens is 1. The van der Waals surface area contributed by atoms with Crippen LogP contribution < -0.4 is 5.32 Å². The molecule has 0 spiro atoms. The molecule has 2 heterocycles. The highest BCUT2D eigenvalue weighted by Crippen LogP contribution is 2.33. The summed E-state index contributed by atoms with van der Waals surface area (Å²) in [6, 6.07) is 22.4. The van der Waals surface area contributed by atoms with Crippen molar-refractivity contribution in [3.63, 3.8) is 0 Å². The maximum atomic E-state index is 13.1. The molecule has 0 bridgehead atoms. The van der Waals surface area contributed by atoms with E-state index in [1.165, 1.54) is 0 Å². The molecule has 3 aromatic carbocycles. The molecule has 2 amide bonds. The number of benzene rings is 3. The number of amides is 2. The first-order valence-corrected chi connectivity index (χ1v) is 13.1. The zero-order valence-electron chi connectivity index (χ0n) is 18.9. The third kappa shape index (κ3) is 5.06. The van der Waals surface area contributed by atoms with Gasteiger partial charge >= 0.3 is 0 Å². The summed E-state index contributed by atoms with van der Waals surface area (Å²) in [4.78, 5) is 32.5. The Kier molecular flexibility index (Phi) is 6.80. The first-order valence-electron chi connectivity index (χ1n) is 11.3. The van der Waals surface area contributed by atoms with E-state index >= 15 is 0 Å². The zero-order chi connectivity index (χ0) is 24.2. The van der Waals surface area contributed by atoms with Crippen molar-refractivity contribution in [1.82, 2.24) is 9.88 Å². The van der Waals surface area contributed by atoms with Crippen LogP contribution in [-0.2, 0) is 5.75 Å². The summed E-state index contributed by atoms with van der Waals surface area (Å²) < 4.78 is 1.86. The number of likely N-dealkylation sites (tertiary alicyclic amines) is 1. The van der Waals surface area contributed by atoms with Crippen LogP contribution in [0.15, 0.2) is 71.1 Å². The van der Waals surface area contributed by atoms with Crippen molar-refractivity contribution in [1.29, 1.82) is 5.26 Å². The number of nitriles is 1. The van der Waals surface area contributed by atoms with Gasteiger partial charge in [-0.2, -0.15) is 5.26 Å². The number of carbonyl (C=O) groups excluding carboxylic acids is 2. The third-order valence-electron chi connectivity index (χ3n) is 5.91. The average molecular weight is 499 g/mol. The second-order valence-corrected chi connectivity index (χ2v) is 10.5. The molecule has 0 unspecified atom stereocenters. The Bertz CT molecular complexity index is 1450. The molecule has 1 aliphatic heterocycles. The van der Waals surface area contributed by atoms with Crippen molar-refractivity contribution in [3.05, 3.63) is 89.0 Å².